The molecule has 0 unspecified atom stereocenters. The molecule has 1 N–H and O–H groups in total. The number of ether oxygens (including phenoxy) is 1. The summed E-state index contributed by atoms with van der Waals surface area (Å²) in [5.74, 6) is 0.558. The van der Waals surface area contributed by atoms with Crippen LogP contribution in [0.15, 0.2) is 42.5 Å². The molecule has 0 spiro atoms. The Hall–Kier alpha value is -2.00. The van der Waals surface area contributed by atoms with Crippen LogP contribution in [-0.2, 0) is 0 Å². The molecule has 0 aromatic heterocycles. The van der Waals surface area contributed by atoms with Crippen LogP contribution in [0.1, 0.15) is 22.8 Å². The summed E-state index contributed by atoms with van der Waals surface area (Å²) in [4.78, 5) is 12.2. The predicted octanol–water partition coefficient (Wildman–Crippen LogP) is 4.30. The number of benzene rings is 2. The third kappa shape index (κ3) is 3.31. The summed E-state index contributed by atoms with van der Waals surface area (Å²) in [6, 6.07) is 12.5. The van der Waals surface area contributed by atoms with E-state index in [1.54, 1.807) is 30.3 Å². The van der Waals surface area contributed by atoms with Crippen LogP contribution in [0.3, 0.4) is 0 Å². The normalized spacial score (nSPS) is 10.2. The molecule has 0 aliphatic heterocycles. The summed E-state index contributed by atoms with van der Waals surface area (Å²) < 4.78 is 5.34. The van der Waals surface area contributed by atoms with Gasteiger partial charge in [-0.2, -0.15) is 0 Å². The van der Waals surface area contributed by atoms with Gasteiger partial charge in [-0.05, 0) is 49.7 Å². The van der Waals surface area contributed by atoms with Crippen LogP contribution >= 0.6 is 11.6 Å². The van der Waals surface area contributed by atoms with Crippen molar-refractivity contribution < 1.29 is 9.53 Å². The first-order valence-corrected chi connectivity index (χ1v) is 6.79. The second-order valence-electron chi connectivity index (χ2n) is 4.34. The minimum absolute atomic E-state index is 0.191. The fourth-order valence-electron chi connectivity index (χ4n) is 1.85. The van der Waals surface area contributed by atoms with Gasteiger partial charge in [-0.15, -0.1) is 0 Å². The Balaban J connectivity index is 2.16. The maximum Gasteiger partial charge on any atom is 0.255 e. The molecule has 4 heteroatoms. The highest BCUT2D eigenvalue weighted by atomic mass is 35.5. The zero-order valence-corrected chi connectivity index (χ0v) is 12.2. The third-order valence-electron chi connectivity index (χ3n) is 2.89. The van der Waals surface area contributed by atoms with Gasteiger partial charge in [0.25, 0.3) is 5.91 Å². The average Bonchev–Trinajstić information content (AvgIpc) is 2.44. The number of aryl methyl sites for hydroxylation is 1. The molecule has 0 aliphatic rings. The molecular weight excluding hydrogens is 274 g/mol. The first-order chi connectivity index (χ1) is 9.61. The number of rotatable bonds is 4. The molecule has 0 fully saturated rings. The van der Waals surface area contributed by atoms with E-state index in [-0.39, 0.29) is 5.91 Å². The van der Waals surface area contributed by atoms with Crippen LogP contribution < -0.4 is 10.1 Å². The fraction of sp³-hybridized carbons (Fsp3) is 0.188. The maximum atomic E-state index is 12.2. The molecule has 0 atom stereocenters. The number of hydrogen-bond donors (Lipinski definition) is 1. The summed E-state index contributed by atoms with van der Waals surface area (Å²) in [5.41, 5.74) is 2.14. The molecule has 20 heavy (non-hydrogen) atoms. The van der Waals surface area contributed by atoms with Crippen molar-refractivity contribution >= 4 is 23.2 Å². The second-order valence-corrected chi connectivity index (χ2v) is 4.75. The Morgan fingerprint density at radius 3 is 2.50 bits per heavy atom. The fourth-order valence-corrected chi connectivity index (χ4v) is 2.11. The minimum atomic E-state index is -0.191. The highest BCUT2D eigenvalue weighted by Gasteiger charge is 2.10. The van der Waals surface area contributed by atoms with Crippen molar-refractivity contribution in [2.75, 3.05) is 11.9 Å². The van der Waals surface area contributed by atoms with Crippen LogP contribution in [-0.4, -0.2) is 12.5 Å². The van der Waals surface area contributed by atoms with Crippen molar-refractivity contribution in [3.63, 3.8) is 0 Å². The molecule has 2 aromatic rings. The number of anilines is 1. The Morgan fingerprint density at radius 1 is 1.20 bits per heavy atom. The molecule has 1 amide bonds. The predicted molar refractivity (Wildman–Crippen MR) is 81.8 cm³/mol. The smallest absolute Gasteiger partial charge is 0.255 e. The van der Waals surface area contributed by atoms with E-state index in [1.165, 1.54) is 0 Å². The molecule has 2 aromatic carbocycles. The molecule has 0 saturated heterocycles. The van der Waals surface area contributed by atoms with Crippen LogP contribution in [0, 0.1) is 6.92 Å². The van der Waals surface area contributed by atoms with E-state index < -0.39 is 0 Å². The molecule has 3 nitrogen and oxygen atoms in total. The van der Waals surface area contributed by atoms with E-state index in [1.807, 2.05) is 26.0 Å². The average molecular weight is 290 g/mol. The lowest BCUT2D eigenvalue weighted by molar-refractivity contribution is 0.102. The van der Waals surface area contributed by atoms with Gasteiger partial charge < -0.3 is 10.1 Å². The SMILES string of the molecule is CCOc1ccc(C(=O)Nc2c(C)cccc2Cl)cc1. The van der Waals surface area contributed by atoms with E-state index in [4.69, 9.17) is 16.3 Å². The lowest BCUT2D eigenvalue weighted by Crippen LogP contribution is -2.13. The van der Waals surface area contributed by atoms with Gasteiger partial charge in [0.05, 0.1) is 17.3 Å². The van der Waals surface area contributed by atoms with Crippen LogP contribution in [0.5, 0.6) is 5.75 Å². The van der Waals surface area contributed by atoms with E-state index in [2.05, 4.69) is 5.32 Å². The number of hydrogen-bond acceptors (Lipinski definition) is 2. The number of amides is 1. The number of carbonyl (C=O) groups is 1. The van der Waals surface area contributed by atoms with Crippen LogP contribution in [0.4, 0.5) is 5.69 Å². The molecule has 0 saturated carbocycles. The summed E-state index contributed by atoms with van der Waals surface area (Å²) in [6.45, 7) is 4.42. The molecule has 0 heterocycles. The van der Waals surface area contributed by atoms with Gasteiger partial charge in [0.2, 0.25) is 0 Å². The first-order valence-electron chi connectivity index (χ1n) is 6.41. The van der Waals surface area contributed by atoms with Crippen molar-refractivity contribution in [2.24, 2.45) is 0 Å². The van der Waals surface area contributed by atoms with Crippen LogP contribution in [0.25, 0.3) is 0 Å². The molecule has 0 bridgehead atoms. The van der Waals surface area contributed by atoms with Gasteiger partial charge in [0, 0.05) is 5.56 Å². The lowest BCUT2D eigenvalue weighted by atomic mass is 10.1. The topological polar surface area (TPSA) is 38.3 Å². The summed E-state index contributed by atoms with van der Waals surface area (Å²) in [5, 5.41) is 3.37. The Labute approximate surface area is 123 Å². The quantitative estimate of drug-likeness (QED) is 0.911. The zero-order chi connectivity index (χ0) is 14.5. The standard InChI is InChI=1S/C16H16ClNO2/c1-3-20-13-9-7-12(8-10-13)16(19)18-15-11(2)5-4-6-14(15)17/h4-10H,3H2,1-2H3,(H,18,19). The summed E-state index contributed by atoms with van der Waals surface area (Å²) >= 11 is 6.09. The van der Waals surface area contributed by atoms with E-state index in [0.717, 1.165) is 11.3 Å². The van der Waals surface area contributed by atoms with Crippen molar-refractivity contribution in [2.45, 2.75) is 13.8 Å². The Morgan fingerprint density at radius 2 is 1.90 bits per heavy atom. The highest BCUT2D eigenvalue weighted by Crippen LogP contribution is 2.26. The van der Waals surface area contributed by atoms with Gasteiger partial charge in [0.1, 0.15) is 5.75 Å². The monoisotopic (exact) mass is 289 g/mol. The zero-order valence-electron chi connectivity index (χ0n) is 11.4. The molecule has 0 aliphatic carbocycles. The lowest BCUT2D eigenvalue weighted by Gasteiger charge is -2.10. The highest BCUT2D eigenvalue weighted by molar-refractivity contribution is 6.34. The number of nitrogens with one attached hydrogen (secondary N) is 1. The van der Waals surface area contributed by atoms with E-state index >= 15 is 0 Å². The molecule has 104 valence electrons. The number of halogens is 1. The largest absolute Gasteiger partial charge is 0.494 e. The maximum absolute atomic E-state index is 12.2. The van der Waals surface area contributed by atoms with Gasteiger partial charge in [0.15, 0.2) is 0 Å². The summed E-state index contributed by atoms with van der Waals surface area (Å²) in [6.07, 6.45) is 0. The van der Waals surface area contributed by atoms with Crippen molar-refractivity contribution in [1.29, 1.82) is 0 Å². The number of carbonyl (C=O) groups excluding carboxylic acids is 1. The number of para-hydroxylation sites is 1. The van der Waals surface area contributed by atoms with Gasteiger partial charge in [-0.1, -0.05) is 23.7 Å². The molecule has 2 rings (SSSR count). The third-order valence-corrected chi connectivity index (χ3v) is 3.20. The van der Waals surface area contributed by atoms with Gasteiger partial charge >= 0.3 is 0 Å². The molecular formula is C16H16ClNO2. The van der Waals surface area contributed by atoms with Gasteiger partial charge in [-0.25, -0.2) is 0 Å². The van der Waals surface area contributed by atoms with E-state index in [0.29, 0.717) is 22.9 Å². The van der Waals surface area contributed by atoms with Crippen molar-refractivity contribution in [1.82, 2.24) is 0 Å². The Bertz CT molecular complexity index is 588. The summed E-state index contributed by atoms with van der Waals surface area (Å²) in [7, 11) is 0. The van der Waals surface area contributed by atoms with Gasteiger partial charge in [-0.3, -0.25) is 4.79 Å². The first kappa shape index (κ1) is 14.4. The Kier molecular flexibility index (Phi) is 4.64. The van der Waals surface area contributed by atoms with Crippen LogP contribution in [0.2, 0.25) is 5.02 Å². The molecule has 0 radical (unpaired) electrons. The minimum Gasteiger partial charge on any atom is -0.494 e. The van der Waals surface area contributed by atoms with Crippen molar-refractivity contribution in [3.8, 4) is 5.75 Å². The van der Waals surface area contributed by atoms with E-state index in [9.17, 15) is 4.79 Å². The second kappa shape index (κ2) is 6.44. The van der Waals surface area contributed by atoms with Crippen molar-refractivity contribution in [3.05, 3.63) is 58.6 Å².